The molecule has 1 aliphatic rings. The Morgan fingerprint density at radius 3 is 2.61 bits per heavy atom. The van der Waals surface area contributed by atoms with Crippen LogP contribution in [0.3, 0.4) is 0 Å². The first kappa shape index (κ1) is 24.3. The number of phenols is 4. The second-order valence-corrected chi connectivity index (χ2v) is 8.77. The Kier molecular flexibility index (Phi) is 5.69. The zero-order chi connectivity index (χ0) is 27.3. The van der Waals surface area contributed by atoms with Gasteiger partial charge in [0, 0.05) is 11.6 Å². The lowest BCUT2D eigenvalue weighted by atomic mass is 9.98. The number of allylic oxidation sites excluding steroid dienone is 1. The van der Waals surface area contributed by atoms with Gasteiger partial charge in [0.1, 0.15) is 16.9 Å². The number of phenolic OH excluding ortho intramolecular Hbond substituents is 4. The number of aromatic nitrogens is 3. The summed E-state index contributed by atoms with van der Waals surface area (Å²) in [5, 5.41) is 78.6. The maximum absolute atomic E-state index is 13.1. The Hall–Kier alpha value is -5.43. The lowest BCUT2D eigenvalue weighted by Gasteiger charge is -2.22. The third-order valence-corrected chi connectivity index (χ3v) is 6.32. The fraction of sp³-hybridized carbons (Fsp3) is 0.0909. The molecule has 15 nitrogen and oxygen atoms in total. The molecule has 1 unspecified atom stereocenters. The standard InChI is InChI=1S/C22H14N6O9S/c23-3-4-38-22-25-21-24-7-9(28(35)36)16(27(21)26-22)14-12(31)6-13(32)15-17(33)18(34)19(37-20(14)15)8-1-2-10(29)11(30)5-8/h1-2,5-7,16,29-32,34H,4H2,(H,24,25,26). The highest BCUT2D eigenvalue weighted by atomic mass is 32.2. The lowest BCUT2D eigenvalue weighted by molar-refractivity contribution is -0.431. The van der Waals surface area contributed by atoms with E-state index in [1.165, 1.54) is 6.07 Å². The van der Waals surface area contributed by atoms with Gasteiger partial charge >= 0.3 is 0 Å². The number of nitriles is 1. The van der Waals surface area contributed by atoms with Gasteiger partial charge in [-0.15, -0.1) is 5.10 Å². The molecule has 2 aromatic heterocycles. The Bertz CT molecular complexity index is 1790. The summed E-state index contributed by atoms with van der Waals surface area (Å²) in [6.45, 7) is 0. The topological polar surface area (TPSA) is 241 Å². The summed E-state index contributed by atoms with van der Waals surface area (Å²) in [5.41, 5.74) is -2.66. The summed E-state index contributed by atoms with van der Waals surface area (Å²) in [6, 6.07) is 4.38. The van der Waals surface area contributed by atoms with Gasteiger partial charge in [0.15, 0.2) is 28.9 Å². The fourth-order valence-corrected chi connectivity index (χ4v) is 4.46. The van der Waals surface area contributed by atoms with Crippen molar-refractivity contribution in [3.05, 3.63) is 62.1 Å². The molecule has 1 atom stereocenters. The van der Waals surface area contributed by atoms with E-state index >= 15 is 0 Å². The van der Waals surface area contributed by atoms with E-state index in [2.05, 4.69) is 15.4 Å². The van der Waals surface area contributed by atoms with Crippen LogP contribution in [-0.4, -0.2) is 51.0 Å². The molecule has 1 aliphatic heterocycles. The molecular formula is C22H14N6O9S. The maximum Gasteiger partial charge on any atom is 0.291 e. The van der Waals surface area contributed by atoms with Crippen LogP contribution in [0.25, 0.3) is 22.3 Å². The minimum absolute atomic E-state index is 0.00599. The molecule has 6 N–H and O–H groups in total. The van der Waals surface area contributed by atoms with E-state index in [9.17, 15) is 40.4 Å². The summed E-state index contributed by atoms with van der Waals surface area (Å²) in [4.78, 5) is 28.5. The van der Waals surface area contributed by atoms with Gasteiger partial charge in [0.25, 0.3) is 5.70 Å². The molecule has 38 heavy (non-hydrogen) atoms. The number of nitro groups is 1. The molecule has 0 aliphatic carbocycles. The van der Waals surface area contributed by atoms with Crippen molar-refractivity contribution in [1.82, 2.24) is 14.8 Å². The predicted octanol–water partition coefficient (Wildman–Crippen LogP) is 2.33. The number of fused-ring (bicyclic) bond motifs is 2. The number of benzene rings is 2. The molecule has 0 saturated carbocycles. The van der Waals surface area contributed by atoms with E-state index in [-0.39, 0.29) is 28.0 Å². The smallest absolute Gasteiger partial charge is 0.291 e. The molecule has 4 aromatic rings. The molecule has 0 amide bonds. The van der Waals surface area contributed by atoms with Gasteiger partial charge in [-0.25, -0.2) is 4.68 Å². The Morgan fingerprint density at radius 1 is 1.16 bits per heavy atom. The number of thioether (sulfide) groups is 1. The van der Waals surface area contributed by atoms with Gasteiger partial charge in [0.05, 0.1) is 28.5 Å². The van der Waals surface area contributed by atoms with Crippen LogP contribution in [0.2, 0.25) is 0 Å². The minimum Gasteiger partial charge on any atom is -0.507 e. The SMILES string of the molecule is N#CCSc1nc2n(n1)C(c1c(O)cc(O)c3c(=O)c(O)c(-c4ccc(O)c(O)c4)oc13)C([N+](=O)[O-])=CN2. The molecule has 3 heterocycles. The van der Waals surface area contributed by atoms with Crippen molar-refractivity contribution in [2.45, 2.75) is 11.2 Å². The van der Waals surface area contributed by atoms with Crippen molar-refractivity contribution in [2.75, 3.05) is 11.1 Å². The third-order valence-electron chi connectivity index (χ3n) is 5.61. The van der Waals surface area contributed by atoms with Crippen LogP contribution >= 0.6 is 11.8 Å². The van der Waals surface area contributed by atoms with E-state index in [1.807, 2.05) is 6.07 Å². The molecule has 16 heteroatoms. The summed E-state index contributed by atoms with van der Waals surface area (Å²) in [5.74, 6) is -4.09. The van der Waals surface area contributed by atoms with Gasteiger partial charge in [-0.1, -0.05) is 11.8 Å². The van der Waals surface area contributed by atoms with Gasteiger partial charge in [-0.2, -0.15) is 10.2 Å². The number of rotatable bonds is 5. The Morgan fingerprint density at radius 2 is 1.92 bits per heavy atom. The van der Waals surface area contributed by atoms with E-state index in [0.717, 1.165) is 40.8 Å². The predicted molar refractivity (Wildman–Crippen MR) is 129 cm³/mol. The minimum atomic E-state index is -1.55. The monoisotopic (exact) mass is 538 g/mol. The lowest BCUT2D eigenvalue weighted by Crippen LogP contribution is -2.26. The van der Waals surface area contributed by atoms with Crippen molar-refractivity contribution < 1.29 is 34.9 Å². The second kappa shape index (κ2) is 8.90. The zero-order valence-electron chi connectivity index (χ0n) is 18.7. The van der Waals surface area contributed by atoms with Crippen molar-refractivity contribution >= 4 is 28.7 Å². The first-order valence-electron chi connectivity index (χ1n) is 10.5. The van der Waals surface area contributed by atoms with Crippen LogP contribution in [-0.2, 0) is 0 Å². The highest BCUT2D eigenvalue weighted by molar-refractivity contribution is 7.99. The summed E-state index contributed by atoms with van der Waals surface area (Å²) >= 11 is 0.947. The van der Waals surface area contributed by atoms with E-state index in [1.54, 1.807) is 0 Å². The molecule has 192 valence electrons. The van der Waals surface area contributed by atoms with Crippen LogP contribution in [0.15, 0.2) is 50.5 Å². The van der Waals surface area contributed by atoms with Crippen LogP contribution in [0, 0.1) is 21.4 Å². The molecule has 0 saturated heterocycles. The number of hydrogen-bond acceptors (Lipinski definition) is 14. The van der Waals surface area contributed by atoms with E-state index < -0.39 is 67.6 Å². The maximum atomic E-state index is 13.1. The first-order valence-corrected chi connectivity index (χ1v) is 11.4. The molecule has 0 spiro atoms. The molecule has 0 radical (unpaired) electrons. The molecule has 5 rings (SSSR count). The molecule has 0 fully saturated rings. The quantitative estimate of drug-likeness (QED) is 0.0925. The number of aromatic hydroxyl groups is 5. The van der Waals surface area contributed by atoms with Crippen LogP contribution < -0.4 is 10.7 Å². The van der Waals surface area contributed by atoms with Crippen LogP contribution in [0.4, 0.5) is 5.95 Å². The van der Waals surface area contributed by atoms with Crippen LogP contribution in [0.5, 0.6) is 28.7 Å². The number of hydrogen-bond donors (Lipinski definition) is 6. The summed E-state index contributed by atoms with van der Waals surface area (Å²) in [7, 11) is 0. The van der Waals surface area contributed by atoms with E-state index in [0.29, 0.717) is 0 Å². The normalized spacial score (nSPS) is 14.4. The average Bonchev–Trinajstić information content (AvgIpc) is 3.29. The zero-order valence-corrected chi connectivity index (χ0v) is 19.5. The first-order chi connectivity index (χ1) is 18.1. The highest BCUT2D eigenvalue weighted by Crippen LogP contribution is 2.45. The van der Waals surface area contributed by atoms with Crippen molar-refractivity contribution in [2.24, 2.45) is 0 Å². The molecular weight excluding hydrogens is 524 g/mol. The Labute approximate surface area is 214 Å². The number of nitrogens with one attached hydrogen (secondary N) is 1. The average molecular weight is 538 g/mol. The molecule has 2 aromatic carbocycles. The van der Waals surface area contributed by atoms with Gasteiger partial charge in [0.2, 0.25) is 22.3 Å². The van der Waals surface area contributed by atoms with Gasteiger partial charge in [-0.05, 0) is 18.2 Å². The highest BCUT2D eigenvalue weighted by Gasteiger charge is 2.40. The summed E-state index contributed by atoms with van der Waals surface area (Å²) in [6.07, 6.45) is 1.00. The third kappa shape index (κ3) is 3.74. The van der Waals surface area contributed by atoms with Crippen LogP contribution in [0.1, 0.15) is 11.6 Å². The van der Waals surface area contributed by atoms with Crippen molar-refractivity contribution in [1.29, 1.82) is 5.26 Å². The summed E-state index contributed by atoms with van der Waals surface area (Å²) < 4.78 is 6.82. The molecule has 0 bridgehead atoms. The Balaban J connectivity index is 1.84. The second-order valence-electron chi connectivity index (χ2n) is 7.83. The van der Waals surface area contributed by atoms with E-state index in [4.69, 9.17) is 9.68 Å². The van der Waals surface area contributed by atoms with Gasteiger partial charge in [-0.3, -0.25) is 14.9 Å². The van der Waals surface area contributed by atoms with Gasteiger partial charge < -0.3 is 35.3 Å². The fourth-order valence-electron chi connectivity index (χ4n) is 3.97. The van der Waals surface area contributed by atoms with Crippen molar-refractivity contribution in [3.8, 4) is 46.1 Å². The largest absolute Gasteiger partial charge is 0.507 e. The number of nitrogens with zero attached hydrogens (tertiary/aromatic N) is 5. The van der Waals surface area contributed by atoms with Crippen molar-refractivity contribution in [3.63, 3.8) is 0 Å². The number of anilines is 1.